The Hall–Kier alpha value is -3.24. The van der Waals surface area contributed by atoms with Crippen LogP contribution in [-0.2, 0) is 11.3 Å². The summed E-state index contributed by atoms with van der Waals surface area (Å²) in [5.41, 5.74) is 0.982. The molecular formula is C23H26Cl2N6O4. The molecule has 1 fully saturated rings. The number of urea groups is 1. The first-order valence-corrected chi connectivity index (χ1v) is 11.7. The van der Waals surface area contributed by atoms with E-state index in [1.54, 1.807) is 19.3 Å². The summed E-state index contributed by atoms with van der Waals surface area (Å²) in [5, 5.41) is 6.62. The number of carbonyl (C=O) groups excluding carboxylic acids is 2. The maximum absolute atomic E-state index is 13.4. The molecule has 10 nitrogen and oxygen atoms in total. The molecule has 1 unspecified atom stereocenters. The molecule has 35 heavy (non-hydrogen) atoms. The molecule has 186 valence electrons. The maximum atomic E-state index is 13.4. The highest BCUT2D eigenvalue weighted by atomic mass is 35.5. The van der Waals surface area contributed by atoms with Gasteiger partial charge in [-0.25, -0.2) is 9.78 Å². The molecule has 4 rings (SSSR count). The molecule has 1 aromatic heterocycles. The van der Waals surface area contributed by atoms with E-state index in [9.17, 15) is 9.59 Å². The highest BCUT2D eigenvalue weighted by Crippen LogP contribution is 2.47. The third-order valence-electron chi connectivity index (χ3n) is 6.17. The highest BCUT2D eigenvalue weighted by molar-refractivity contribution is 6.42. The first kappa shape index (κ1) is 24.9. The van der Waals surface area contributed by atoms with Crippen LogP contribution in [-0.4, -0.2) is 55.3 Å². The summed E-state index contributed by atoms with van der Waals surface area (Å²) in [7, 11) is 4.56. The van der Waals surface area contributed by atoms with Gasteiger partial charge in [0.2, 0.25) is 11.9 Å². The summed E-state index contributed by atoms with van der Waals surface area (Å²) in [4.78, 5) is 37.0. The Balaban J connectivity index is 1.62. The van der Waals surface area contributed by atoms with Crippen molar-refractivity contribution >= 4 is 52.6 Å². The van der Waals surface area contributed by atoms with Crippen LogP contribution in [0.1, 0.15) is 24.8 Å². The minimum Gasteiger partial charge on any atom is -0.495 e. The lowest BCUT2D eigenvalue weighted by Crippen LogP contribution is -2.46. The molecule has 0 bridgehead atoms. The van der Waals surface area contributed by atoms with E-state index in [0.29, 0.717) is 28.8 Å². The second-order valence-electron chi connectivity index (χ2n) is 8.23. The fourth-order valence-corrected chi connectivity index (χ4v) is 5.08. The fourth-order valence-electron chi connectivity index (χ4n) is 4.38. The molecule has 1 aliphatic carbocycles. The highest BCUT2D eigenvalue weighted by Gasteiger charge is 2.35. The normalized spacial score (nSPS) is 19.3. The van der Waals surface area contributed by atoms with Gasteiger partial charge in [0.15, 0.2) is 0 Å². The minimum absolute atomic E-state index is 0.0279. The Kier molecular flexibility index (Phi) is 7.23. The number of anilines is 3. The number of nitrogens with zero attached hydrogens (tertiary/aromatic N) is 4. The second kappa shape index (κ2) is 10.2. The molecule has 0 saturated heterocycles. The van der Waals surface area contributed by atoms with Crippen molar-refractivity contribution in [3.63, 3.8) is 0 Å². The number of aromatic nitrogens is 2. The van der Waals surface area contributed by atoms with Gasteiger partial charge < -0.3 is 20.1 Å². The molecule has 0 spiro atoms. The third-order valence-corrected chi connectivity index (χ3v) is 6.90. The summed E-state index contributed by atoms with van der Waals surface area (Å²) < 4.78 is 10.7. The molecule has 2 N–H and O–H groups in total. The Morgan fingerprint density at radius 1 is 1.20 bits per heavy atom. The number of nitrogens with one attached hydrogen (secondary N) is 2. The molecule has 0 radical (unpaired) electrons. The van der Waals surface area contributed by atoms with Crippen molar-refractivity contribution in [2.24, 2.45) is 0 Å². The Morgan fingerprint density at radius 3 is 2.49 bits per heavy atom. The third kappa shape index (κ3) is 4.68. The zero-order chi connectivity index (χ0) is 25.3. The first-order valence-electron chi connectivity index (χ1n) is 11.0. The number of amides is 3. The molecule has 2 aromatic rings. The zero-order valence-corrected chi connectivity index (χ0v) is 21.1. The number of carbonyl (C=O) groups is 2. The van der Waals surface area contributed by atoms with Crippen LogP contribution < -0.4 is 29.9 Å². The molecule has 1 aromatic carbocycles. The van der Waals surface area contributed by atoms with Gasteiger partial charge >= 0.3 is 6.03 Å². The van der Waals surface area contributed by atoms with Crippen molar-refractivity contribution in [1.29, 1.82) is 0 Å². The quantitative estimate of drug-likeness (QED) is 0.530. The molecule has 1 saturated carbocycles. The summed E-state index contributed by atoms with van der Waals surface area (Å²) in [6.45, 7) is 3.65. The largest absolute Gasteiger partial charge is 0.495 e. The number of benzene rings is 1. The number of methoxy groups -OCH3 is 2. The lowest BCUT2D eigenvalue weighted by Gasteiger charge is -2.35. The van der Waals surface area contributed by atoms with Crippen molar-refractivity contribution in [2.45, 2.75) is 37.9 Å². The van der Waals surface area contributed by atoms with E-state index >= 15 is 0 Å². The Bertz CT molecular complexity index is 1150. The zero-order valence-electron chi connectivity index (χ0n) is 19.6. The van der Waals surface area contributed by atoms with Crippen molar-refractivity contribution in [3.05, 3.63) is 40.5 Å². The number of rotatable bonds is 7. The van der Waals surface area contributed by atoms with Gasteiger partial charge in [-0.3, -0.25) is 14.6 Å². The van der Waals surface area contributed by atoms with E-state index in [-0.39, 0.29) is 46.3 Å². The Labute approximate surface area is 213 Å². The predicted molar refractivity (Wildman–Crippen MR) is 135 cm³/mol. The number of hydrogen-bond acceptors (Lipinski definition) is 7. The monoisotopic (exact) mass is 520 g/mol. The number of halogens is 2. The van der Waals surface area contributed by atoms with Crippen molar-refractivity contribution < 1.29 is 19.1 Å². The van der Waals surface area contributed by atoms with E-state index in [4.69, 9.17) is 32.7 Å². The minimum atomic E-state index is -0.377. The van der Waals surface area contributed by atoms with Gasteiger partial charge in [-0.15, -0.1) is 0 Å². The molecule has 2 aliphatic rings. The summed E-state index contributed by atoms with van der Waals surface area (Å²) in [6.07, 6.45) is 5.59. The van der Waals surface area contributed by atoms with Crippen LogP contribution in [0.25, 0.3) is 0 Å². The molecule has 2 atom stereocenters. The van der Waals surface area contributed by atoms with E-state index < -0.39 is 0 Å². The first-order chi connectivity index (χ1) is 16.8. The topological polar surface area (TPSA) is 109 Å². The van der Waals surface area contributed by atoms with Crippen LogP contribution in [0.5, 0.6) is 11.5 Å². The van der Waals surface area contributed by atoms with Gasteiger partial charge in [0.25, 0.3) is 0 Å². The van der Waals surface area contributed by atoms with Gasteiger partial charge in [-0.1, -0.05) is 29.8 Å². The van der Waals surface area contributed by atoms with Crippen LogP contribution in [0.4, 0.5) is 22.2 Å². The lowest BCUT2D eigenvalue weighted by atomic mass is 10.1. The second-order valence-corrected chi connectivity index (χ2v) is 8.98. The lowest BCUT2D eigenvalue weighted by molar-refractivity contribution is -0.117. The number of ether oxygens (including phenoxy) is 2. The fraction of sp³-hybridized carbons (Fsp3) is 0.391. The van der Waals surface area contributed by atoms with Crippen LogP contribution in [0, 0.1) is 0 Å². The summed E-state index contributed by atoms with van der Waals surface area (Å²) >= 11 is 13.1. The van der Waals surface area contributed by atoms with E-state index in [1.807, 2.05) is 0 Å². The molecule has 2 heterocycles. The average molecular weight is 521 g/mol. The van der Waals surface area contributed by atoms with Gasteiger partial charge in [-0.05, 0) is 25.3 Å². The summed E-state index contributed by atoms with van der Waals surface area (Å²) in [5.74, 6) is 1.28. The van der Waals surface area contributed by atoms with Crippen molar-refractivity contribution in [2.75, 3.05) is 36.4 Å². The van der Waals surface area contributed by atoms with Crippen molar-refractivity contribution in [3.8, 4) is 11.5 Å². The smallest absolute Gasteiger partial charge is 0.330 e. The molecular weight excluding hydrogens is 495 g/mol. The van der Waals surface area contributed by atoms with E-state index in [1.165, 1.54) is 30.1 Å². The van der Waals surface area contributed by atoms with Gasteiger partial charge in [0.1, 0.15) is 27.4 Å². The maximum Gasteiger partial charge on any atom is 0.330 e. The van der Waals surface area contributed by atoms with Gasteiger partial charge in [-0.2, -0.15) is 4.98 Å². The van der Waals surface area contributed by atoms with E-state index in [2.05, 4.69) is 27.2 Å². The van der Waals surface area contributed by atoms with Gasteiger partial charge in [0, 0.05) is 37.0 Å². The van der Waals surface area contributed by atoms with Crippen LogP contribution in [0.3, 0.4) is 0 Å². The van der Waals surface area contributed by atoms with E-state index in [0.717, 1.165) is 19.3 Å². The van der Waals surface area contributed by atoms with Crippen molar-refractivity contribution in [1.82, 2.24) is 15.3 Å². The van der Waals surface area contributed by atoms with Crippen LogP contribution >= 0.6 is 23.2 Å². The summed E-state index contributed by atoms with van der Waals surface area (Å²) in [6, 6.07) is 1.11. The van der Waals surface area contributed by atoms with Crippen LogP contribution in [0.2, 0.25) is 10.0 Å². The van der Waals surface area contributed by atoms with Crippen LogP contribution in [0.15, 0.2) is 24.9 Å². The average Bonchev–Trinajstić information content (AvgIpc) is 3.28. The molecule has 12 heteroatoms. The molecule has 1 aliphatic heterocycles. The Morgan fingerprint density at radius 2 is 1.86 bits per heavy atom. The number of hydrogen-bond donors (Lipinski definition) is 2. The standard InChI is InChI=1S/C23H26Cl2N6O4/c1-5-17(32)27-13-7-6-8-14(13)28-22-26-10-12-11-31(23(33)30(2)21(12)29-22)20-18(24)15(34-3)9-16(35-4)19(20)25/h5,9-10,13-14H,1,6-8,11H2,2-4H3,(H,27,32)(H,26,28,29)/t13-,14?/m0/s1. The predicted octanol–water partition coefficient (Wildman–Crippen LogP) is 4.01. The SMILES string of the molecule is C=CC(=O)N[C@H]1CCCC1Nc1ncc2c(n1)N(C)C(=O)N(c1c(Cl)c(OC)cc(OC)c1Cl)C2. The van der Waals surface area contributed by atoms with Gasteiger partial charge in [0.05, 0.1) is 26.5 Å². The number of fused-ring (bicyclic) bond motifs is 1. The molecule has 3 amide bonds.